The number of fused-ring (bicyclic) bond motifs is 1. The van der Waals surface area contributed by atoms with Crippen molar-refractivity contribution in [2.75, 3.05) is 39.8 Å². The molecule has 3 rings (SSSR count). The van der Waals surface area contributed by atoms with E-state index in [0.717, 1.165) is 44.2 Å². The van der Waals surface area contributed by atoms with E-state index in [0.29, 0.717) is 6.04 Å². The van der Waals surface area contributed by atoms with Crippen LogP contribution in [0.3, 0.4) is 0 Å². The predicted molar refractivity (Wildman–Crippen MR) is 104 cm³/mol. The molecule has 0 bridgehead atoms. The molecule has 2 N–H and O–H groups in total. The van der Waals surface area contributed by atoms with Gasteiger partial charge in [0.1, 0.15) is 5.75 Å². The normalized spacial score (nSPS) is 18.7. The first kappa shape index (κ1) is 18.1. The lowest BCUT2D eigenvalue weighted by molar-refractivity contribution is 0.236. The number of ether oxygens (including phenoxy) is 1. The molecule has 1 aromatic carbocycles. The molecule has 0 aromatic heterocycles. The zero-order chi connectivity index (χ0) is 17.5. The number of benzene rings is 1. The monoisotopic (exact) mass is 344 g/mol. The fourth-order valence-corrected chi connectivity index (χ4v) is 3.79. The third-order valence-electron chi connectivity index (χ3n) is 5.32. The van der Waals surface area contributed by atoms with Crippen LogP contribution >= 0.6 is 0 Å². The van der Waals surface area contributed by atoms with E-state index in [9.17, 15) is 0 Å². The number of likely N-dealkylation sites (tertiary alicyclic amines) is 1. The van der Waals surface area contributed by atoms with E-state index < -0.39 is 0 Å². The quantitative estimate of drug-likeness (QED) is 0.588. The SMILES string of the molecule is CCC(CNC(=NC)NCCc1ccc2c(c1)CCO2)N1CCCC1. The van der Waals surface area contributed by atoms with Gasteiger partial charge in [-0.3, -0.25) is 9.89 Å². The van der Waals surface area contributed by atoms with Crippen molar-refractivity contribution in [2.45, 2.75) is 45.1 Å². The van der Waals surface area contributed by atoms with Crippen LogP contribution in [0.2, 0.25) is 0 Å². The zero-order valence-electron chi connectivity index (χ0n) is 15.7. The average molecular weight is 345 g/mol. The molecule has 5 heteroatoms. The second-order valence-electron chi connectivity index (χ2n) is 6.98. The molecule has 0 spiro atoms. The van der Waals surface area contributed by atoms with Crippen molar-refractivity contribution >= 4 is 5.96 Å². The van der Waals surface area contributed by atoms with Gasteiger partial charge in [-0.15, -0.1) is 0 Å². The molecule has 1 aromatic rings. The molecule has 2 heterocycles. The molecule has 1 unspecified atom stereocenters. The fraction of sp³-hybridized carbons (Fsp3) is 0.650. The maximum Gasteiger partial charge on any atom is 0.191 e. The van der Waals surface area contributed by atoms with Gasteiger partial charge in [-0.25, -0.2) is 0 Å². The van der Waals surface area contributed by atoms with Crippen molar-refractivity contribution in [1.82, 2.24) is 15.5 Å². The first-order valence-electron chi connectivity index (χ1n) is 9.73. The third-order valence-corrected chi connectivity index (χ3v) is 5.32. The van der Waals surface area contributed by atoms with Gasteiger partial charge in [0.05, 0.1) is 6.61 Å². The number of rotatable bonds is 7. The van der Waals surface area contributed by atoms with Gasteiger partial charge in [-0.1, -0.05) is 19.1 Å². The van der Waals surface area contributed by atoms with Crippen LogP contribution in [-0.2, 0) is 12.8 Å². The number of hydrogen-bond acceptors (Lipinski definition) is 3. The highest BCUT2D eigenvalue weighted by atomic mass is 16.5. The van der Waals surface area contributed by atoms with Crippen LogP contribution in [0.25, 0.3) is 0 Å². The van der Waals surface area contributed by atoms with E-state index in [1.165, 1.54) is 43.5 Å². The number of nitrogens with zero attached hydrogens (tertiary/aromatic N) is 2. The standard InChI is InChI=1S/C20H32N4O/c1-3-18(24-11-4-5-12-24)15-23-20(21-2)22-10-8-16-6-7-19-17(14-16)9-13-25-19/h6-7,14,18H,3-5,8-13,15H2,1-2H3,(H2,21,22,23). The topological polar surface area (TPSA) is 48.9 Å². The Morgan fingerprint density at radius 2 is 2.12 bits per heavy atom. The number of guanidine groups is 1. The molecule has 0 aliphatic carbocycles. The molecule has 0 amide bonds. The van der Waals surface area contributed by atoms with Crippen LogP contribution in [0.4, 0.5) is 0 Å². The molecule has 2 aliphatic heterocycles. The maximum absolute atomic E-state index is 5.57. The lowest BCUT2D eigenvalue weighted by Gasteiger charge is -2.27. The first-order chi connectivity index (χ1) is 12.3. The molecule has 0 saturated carbocycles. The Hall–Kier alpha value is -1.75. The first-order valence-corrected chi connectivity index (χ1v) is 9.73. The van der Waals surface area contributed by atoms with Crippen LogP contribution in [0, 0.1) is 0 Å². The Labute approximate surface area is 151 Å². The van der Waals surface area contributed by atoms with Gasteiger partial charge in [0, 0.05) is 32.6 Å². The van der Waals surface area contributed by atoms with Gasteiger partial charge in [-0.2, -0.15) is 0 Å². The Balaban J connectivity index is 1.41. The van der Waals surface area contributed by atoms with Gasteiger partial charge in [0.15, 0.2) is 5.96 Å². The number of hydrogen-bond donors (Lipinski definition) is 2. The summed E-state index contributed by atoms with van der Waals surface area (Å²) in [7, 11) is 1.85. The van der Waals surface area contributed by atoms with Crippen molar-refractivity contribution in [3.05, 3.63) is 29.3 Å². The molecule has 138 valence electrons. The smallest absolute Gasteiger partial charge is 0.191 e. The minimum Gasteiger partial charge on any atom is -0.493 e. The highest BCUT2D eigenvalue weighted by Gasteiger charge is 2.20. The van der Waals surface area contributed by atoms with E-state index in [1.54, 1.807) is 0 Å². The average Bonchev–Trinajstić information content (AvgIpc) is 3.32. The second kappa shape index (κ2) is 9.09. The molecule has 25 heavy (non-hydrogen) atoms. The molecule has 1 fully saturated rings. The summed E-state index contributed by atoms with van der Waals surface area (Å²) in [5.41, 5.74) is 2.70. The number of aliphatic imine (C=N–C) groups is 1. The van der Waals surface area contributed by atoms with E-state index in [1.807, 2.05) is 7.05 Å². The van der Waals surface area contributed by atoms with Crippen molar-refractivity contribution < 1.29 is 4.74 Å². The highest BCUT2D eigenvalue weighted by Crippen LogP contribution is 2.25. The molecule has 1 saturated heterocycles. The predicted octanol–water partition coefficient (Wildman–Crippen LogP) is 2.20. The Kier molecular flexibility index (Phi) is 6.56. The van der Waals surface area contributed by atoms with Crippen molar-refractivity contribution in [3.8, 4) is 5.75 Å². The van der Waals surface area contributed by atoms with E-state index >= 15 is 0 Å². The van der Waals surface area contributed by atoms with Crippen LogP contribution in [0.5, 0.6) is 5.75 Å². The zero-order valence-corrected chi connectivity index (χ0v) is 15.7. The minimum absolute atomic E-state index is 0.609. The van der Waals surface area contributed by atoms with Gasteiger partial charge in [0.25, 0.3) is 0 Å². The van der Waals surface area contributed by atoms with Crippen molar-refractivity contribution in [2.24, 2.45) is 4.99 Å². The van der Waals surface area contributed by atoms with E-state index in [2.05, 4.69) is 45.6 Å². The molecular weight excluding hydrogens is 312 g/mol. The third kappa shape index (κ3) is 4.88. The molecule has 5 nitrogen and oxygen atoms in total. The van der Waals surface area contributed by atoms with Gasteiger partial charge >= 0.3 is 0 Å². The Bertz CT molecular complexity index is 581. The van der Waals surface area contributed by atoms with Gasteiger partial charge in [-0.05, 0) is 56.0 Å². The maximum atomic E-state index is 5.57. The number of nitrogens with one attached hydrogen (secondary N) is 2. The van der Waals surface area contributed by atoms with Gasteiger partial charge in [0.2, 0.25) is 0 Å². The minimum atomic E-state index is 0.609. The Morgan fingerprint density at radius 3 is 2.88 bits per heavy atom. The summed E-state index contributed by atoms with van der Waals surface area (Å²) in [6.07, 6.45) is 5.90. The largest absolute Gasteiger partial charge is 0.493 e. The van der Waals surface area contributed by atoms with Crippen LogP contribution in [-0.4, -0.2) is 56.7 Å². The second-order valence-corrected chi connectivity index (χ2v) is 6.98. The summed E-state index contributed by atoms with van der Waals surface area (Å²) in [5.74, 6) is 1.96. The van der Waals surface area contributed by atoms with Crippen LogP contribution in [0.15, 0.2) is 23.2 Å². The summed E-state index contributed by atoms with van der Waals surface area (Å²) >= 11 is 0. The van der Waals surface area contributed by atoms with Crippen LogP contribution in [0.1, 0.15) is 37.3 Å². The lowest BCUT2D eigenvalue weighted by Crippen LogP contribution is -2.46. The summed E-state index contributed by atoms with van der Waals surface area (Å²) in [4.78, 5) is 6.97. The van der Waals surface area contributed by atoms with Gasteiger partial charge < -0.3 is 15.4 Å². The summed E-state index contributed by atoms with van der Waals surface area (Å²) < 4.78 is 5.57. The lowest BCUT2D eigenvalue weighted by atomic mass is 10.1. The van der Waals surface area contributed by atoms with Crippen molar-refractivity contribution in [3.63, 3.8) is 0 Å². The highest BCUT2D eigenvalue weighted by molar-refractivity contribution is 5.79. The van der Waals surface area contributed by atoms with E-state index in [4.69, 9.17) is 4.74 Å². The molecule has 1 atom stereocenters. The molecular formula is C20H32N4O. The summed E-state index contributed by atoms with van der Waals surface area (Å²) in [5, 5.41) is 6.95. The summed E-state index contributed by atoms with van der Waals surface area (Å²) in [6.45, 7) is 7.44. The fourth-order valence-electron chi connectivity index (χ4n) is 3.79. The summed E-state index contributed by atoms with van der Waals surface area (Å²) in [6, 6.07) is 7.16. The molecule has 2 aliphatic rings. The van der Waals surface area contributed by atoms with Crippen molar-refractivity contribution in [1.29, 1.82) is 0 Å². The Morgan fingerprint density at radius 1 is 1.28 bits per heavy atom. The van der Waals surface area contributed by atoms with Crippen LogP contribution < -0.4 is 15.4 Å². The van der Waals surface area contributed by atoms with E-state index in [-0.39, 0.29) is 0 Å². The molecule has 0 radical (unpaired) electrons.